The Bertz CT molecular complexity index is 467. The second-order valence-corrected chi connectivity index (χ2v) is 4.71. The molecule has 0 radical (unpaired) electrons. The summed E-state index contributed by atoms with van der Waals surface area (Å²) in [4.78, 5) is 4.31. The van der Waals surface area contributed by atoms with Gasteiger partial charge in [-0.15, -0.1) is 11.6 Å². The number of halogens is 1. The smallest absolute Gasteiger partial charge is 0.138 e. The van der Waals surface area contributed by atoms with Crippen molar-refractivity contribution in [2.75, 3.05) is 5.88 Å². The van der Waals surface area contributed by atoms with Gasteiger partial charge in [-0.1, -0.05) is 30.3 Å². The van der Waals surface area contributed by atoms with E-state index in [1.165, 1.54) is 5.56 Å². The molecular weight excluding hydrogens is 246 g/mol. The predicted molar refractivity (Wildman–Crippen MR) is 73.8 cm³/mol. The van der Waals surface area contributed by atoms with Crippen molar-refractivity contribution in [3.63, 3.8) is 0 Å². The van der Waals surface area contributed by atoms with Crippen LogP contribution in [0.4, 0.5) is 0 Å². The van der Waals surface area contributed by atoms with Crippen molar-refractivity contribution in [1.29, 1.82) is 0 Å². The summed E-state index contributed by atoms with van der Waals surface area (Å²) in [5.74, 6) is 2.08. The van der Waals surface area contributed by atoms with E-state index in [1.54, 1.807) is 6.33 Å². The average molecular weight is 264 g/mol. The molecule has 0 saturated carbocycles. The van der Waals surface area contributed by atoms with Crippen LogP contribution >= 0.6 is 11.6 Å². The van der Waals surface area contributed by atoms with Gasteiger partial charge >= 0.3 is 0 Å². The van der Waals surface area contributed by atoms with E-state index in [0.717, 1.165) is 25.2 Å². The quantitative estimate of drug-likeness (QED) is 0.751. The fourth-order valence-electron chi connectivity index (χ4n) is 2.10. The molecule has 4 heteroatoms. The molecule has 1 atom stereocenters. The number of rotatable bonds is 6. The SMILES string of the molecule is CCn1ncnc1CC(CCl)Cc1ccccc1. The van der Waals surface area contributed by atoms with Crippen LogP contribution in [0.25, 0.3) is 0 Å². The number of hydrogen-bond acceptors (Lipinski definition) is 2. The Morgan fingerprint density at radius 1 is 1.22 bits per heavy atom. The first-order chi connectivity index (χ1) is 8.83. The molecule has 0 aliphatic carbocycles. The molecule has 3 nitrogen and oxygen atoms in total. The summed E-state index contributed by atoms with van der Waals surface area (Å²) in [6.45, 7) is 2.93. The minimum absolute atomic E-state index is 0.406. The first kappa shape index (κ1) is 13.1. The maximum Gasteiger partial charge on any atom is 0.138 e. The molecule has 18 heavy (non-hydrogen) atoms. The van der Waals surface area contributed by atoms with Gasteiger partial charge < -0.3 is 0 Å². The summed E-state index contributed by atoms with van der Waals surface area (Å²) in [5, 5.41) is 4.19. The second kappa shape index (κ2) is 6.55. The predicted octanol–water partition coefficient (Wildman–Crippen LogP) is 2.94. The minimum atomic E-state index is 0.406. The number of aryl methyl sites for hydroxylation is 1. The minimum Gasteiger partial charge on any atom is -0.250 e. The third-order valence-electron chi connectivity index (χ3n) is 3.05. The Hall–Kier alpha value is -1.35. The third-order valence-corrected chi connectivity index (χ3v) is 3.49. The molecule has 1 aromatic heterocycles. The lowest BCUT2D eigenvalue weighted by molar-refractivity contribution is 0.524. The van der Waals surface area contributed by atoms with Crippen LogP contribution in [0, 0.1) is 5.92 Å². The highest BCUT2D eigenvalue weighted by molar-refractivity contribution is 6.18. The standard InChI is InChI=1S/C14H18ClN3/c1-2-18-14(16-11-17-18)9-13(10-15)8-12-6-4-3-5-7-12/h3-7,11,13H,2,8-10H2,1H3. The van der Waals surface area contributed by atoms with Crippen molar-refractivity contribution in [2.24, 2.45) is 5.92 Å². The van der Waals surface area contributed by atoms with Crippen molar-refractivity contribution >= 4 is 11.6 Å². The van der Waals surface area contributed by atoms with Gasteiger partial charge in [0.15, 0.2) is 0 Å². The topological polar surface area (TPSA) is 30.7 Å². The van der Waals surface area contributed by atoms with Gasteiger partial charge in [-0.3, -0.25) is 4.68 Å². The summed E-state index contributed by atoms with van der Waals surface area (Å²) in [6.07, 6.45) is 3.49. The Kier molecular flexibility index (Phi) is 4.76. The van der Waals surface area contributed by atoms with Gasteiger partial charge in [-0.05, 0) is 24.8 Å². The van der Waals surface area contributed by atoms with Gasteiger partial charge in [-0.2, -0.15) is 5.10 Å². The van der Waals surface area contributed by atoms with Gasteiger partial charge in [0.25, 0.3) is 0 Å². The molecule has 0 saturated heterocycles. The number of aromatic nitrogens is 3. The van der Waals surface area contributed by atoms with E-state index in [0.29, 0.717) is 11.8 Å². The lowest BCUT2D eigenvalue weighted by Crippen LogP contribution is -2.14. The van der Waals surface area contributed by atoms with Crippen LogP contribution in [-0.4, -0.2) is 20.6 Å². The van der Waals surface area contributed by atoms with Gasteiger partial charge in [-0.25, -0.2) is 4.98 Å². The van der Waals surface area contributed by atoms with Crippen molar-refractivity contribution in [3.8, 4) is 0 Å². The Balaban J connectivity index is 2.02. The number of alkyl halides is 1. The summed E-state index contributed by atoms with van der Waals surface area (Å²) in [7, 11) is 0. The first-order valence-corrected chi connectivity index (χ1v) is 6.83. The zero-order valence-electron chi connectivity index (χ0n) is 10.6. The molecule has 1 unspecified atom stereocenters. The van der Waals surface area contributed by atoms with Gasteiger partial charge in [0.1, 0.15) is 12.2 Å². The molecule has 96 valence electrons. The van der Waals surface area contributed by atoms with Gasteiger partial charge in [0, 0.05) is 18.8 Å². The molecule has 0 bridgehead atoms. The van der Waals surface area contributed by atoms with Crippen LogP contribution in [0.3, 0.4) is 0 Å². The summed E-state index contributed by atoms with van der Waals surface area (Å²) in [5.41, 5.74) is 1.32. The zero-order chi connectivity index (χ0) is 12.8. The Morgan fingerprint density at radius 3 is 2.67 bits per heavy atom. The molecule has 0 N–H and O–H groups in total. The fourth-order valence-corrected chi connectivity index (χ4v) is 2.32. The van der Waals surface area contributed by atoms with E-state index in [4.69, 9.17) is 11.6 Å². The molecule has 1 aromatic carbocycles. The number of nitrogens with zero attached hydrogens (tertiary/aromatic N) is 3. The zero-order valence-corrected chi connectivity index (χ0v) is 11.3. The molecule has 0 amide bonds. The van der Waals surface area contributed by atoms with Crippen LogP contribution < -0.4 is 0 Å². The van der Waals surface area contributed by atoms with Crippen LogP contribution in [0.1, 0.15) is 18.3 Å². The summed E-state index contributed by atoms with van der Waals surface area (Å²) >= 11 is 6.07. The Morgan fingerprint density at radius 2 is 2.00 bits per heavy atom. The van der Waals surface area contributed by atoms with Crippen molar-refractivity contribution in [1.82, 2.24) is 14.8 Å². The van der Waals surface area contributed by atoms with Crippen LogP contribution in [0.15, 0.2) is 36.7 Å². The molecule has 0 aliphatic heterocycles. The van der Waals surface area contributed by atoms with E-state index in [9.17, 15) is 0 Å². The molecular formula is C14H18ClN3. The molecule has 2 rings (SSSR count). The molecule has 0 spiro atoms. The number of hydrogen-bond donors (Lipinski definition) is 0. The van der Waals surface area contributed by atoms with Gasteiger partial charge in [0.05, 0.1) is 0 Å². The van der Waals surface area contributed by atoms with E-state index >= 15 is 0 Å². The van der Waals surface area contributed by atoms with Crippen molar-refractivity contribution < 1.29 is 0 Å². The average Bonchev–Trinajstić information content (AvgIpc) is 2.86. The van der Waals surface area contributed by atoms with E-state index < -0.39 is 0 Å². The third kappa shape index (κ3) is 3.33. The first-order valence-electron chi connectivity index (χ1n) is 6.30. The maximum absolute atomic E-state index is 6.07. The van der Waals surface area contributed by atoms with E-state index in [1.807, 2.05) is 10.7 Å². The highest BCUT2D eigenvalue weighted by Gasteiger charge is 2.13. The normalized spacial score (nSPS) is 12.6. The lowest BCUT2D eigenvalue weighted by atomic mass is 9.97. The van der Waals surface area contributed by atoms with Crippen LogP contribution in [0.5, 0.6) is 0 Å². The maximum atomic E-state index is 6.07. The van der Waals surface area contributed by atoms with Crippen molar-refractivity contribution in [2.45, 2.75) is 26.3 Å². The number of benzene rings is 1. The van der Waals surface area contributed by atoms with Crippen LogP contribution in [0.2, 0.25) is 0 Å². The summed E-state index contributed by atoms with van der Waals surface area (Å²) < 4.78 is 1.94. The fraction of sp³-hybridized carbons (Fsp3) is 0.429. The highest BCUT2D eigenvalue weighted by atomic mass is 35.5. The Labute approximate surface area is 113 Å². The van der Waals surface area contributed by atoms with Gasteiger partial charge in [0.2, 0.25) is 0 Å². The highest BCUT2D eigenvalue weighted by Crippen LogP contribution is 2.15. The molecule has 0 fully saturated rings. The largest absolute Gasteiger partial charge is 0.250 e. The monoisotopic (exact) mass is 263 g/mol. The van der Waals surface area contributed by atoms with Crippen LogP contribution in [-0.2, 0) is 19.4 Å². The van der Waals surface area contributed by atoms with Crippen molar-refractivity contribution in [3.05, 3.63) is 48.0 Å². The summed E-state index contributed by atoms with van der Waals surface area (Å²) in [6, 6.07) is 10.4. The van der Waals surface area contributed by atoms with E-state index in [2.05, 4.69) is 41.3 Å². The lowest BCUT2D eigenvalue weighted by Gasteiger charge is -2.13. The molecule has 0 aliphatic rings. The molecule has 1 heterocycles. The van der Waals surface area contributed by atoms with E-state index in [-0.39, 0.29) is 0 Å². The second-order valence-electron chi connectivity index (χ2n) is 4.41. The molecule has 2 aromatic rings.